The van der Waals surface area contributed by atoms with Crippen molar-refractivity contribution in [1.29, 1.82) is 0 Å². The van der Waals surface area contributed by atoms with Crippen LogP contribution in [0.3, 0.4) is 0 Å². The number of rotatable bonds is 4. The molecule has 34 heavy (non-hydrogen) atoms. The van der Waals surface area contributed by atoms with Crippen molar-refractivity contribution in [3.05, 3.63) is 72.3 Å². The molecule has 3 aromatic carbocycles. The summed E-state index contributed by atoms with van der Waals surface area (Å²) in [5.74, 6) is -0.00616. The van der Waals surface area contributed by atoms with Gasteiger partial charge in [-0.25, -0.2) is 8.42 Å². The molecule has 5 rings (SSSR count). The fraction of sp³-hybridized carbons (Fsp3) is 0.308. The van der Waals surface area contributed by atoms with Crippen LogP contribution in [0, 0.1) is 0 Å². The fourth-order valence-electron chi connectivity index (χ4n) is 4.65. The summed E-state index contributed by atoms with van der Waals surface area (Å²) in [4.78, 5) is 28.9. The number of carbonyl (C=O) groups is 2. The molecule has 2 heterocycles. The maximum Gasteiger partial charge on any atom is 0.253 e. The standard InChI is InChI=1S/C26H27N3O4S/c30-25-7-3-4-14-29(25)23-11-8-21(9-12-23)26(31)27-15-17-28(18-16-27)34(32,33)24-13-10-20-5-1-2-6-22(20)19-24/h1-2,5-6,8-13,19H,3-4,7,14-18H2. The highest BCUT2D eigenvalue weighted by Gasteiger charge is 2.30. The lowest BCUT2D eigenvalue weighted by Gasteiger charge is -2.34. The number of piperidine rings is 1. The summed E-state index contributed by atoms with van der Waals surface area (Å²) in [6, 6.07) is 20.0. The van der Waals surface area contributed by atoms with Gasteiger partial charge in [-0.05, 0) is 60.0 Å². The van der Waals surface area contributed by atoms with Gasteiger partial charge in [-0.3, -0.25) is 9.59 Å². The van der Waals surface area contributed by atoms with E-state index in [2.05, 4.69) is 0 Å². The van der Waals surface area contributed by atoms with E-state index in [-0.39, 0.29) is 29.8 Å². The van der Waals surface area contributed by atoms with Crippen molar-refractivity contribution in [1.82, 2.24) is 9.21 Å². The highest BCUT2D eigenvalue weighted by molar-refractivity contribution is 7.89. The Bertz CT molecular complexity index is 1330. The molecule has 2 saturated heterocycles. The van der Waals surface area contributed by atoms with E-state index in [9.17, 15) is 18.0 Å². The first-order valence-corrected chi connectivity index (χ1v) is 13.1. The van der Waals surface area contributed by atoms with Crippen molar-refractivity contribution in [3.63, 3.8) is 0 Å². The summed E-state index contributed by atoms with van der Waals surface area (Å²) >= 11 is 0. The summed E-state index contributed by atoms with van der Waals surface area (Å²) in [5, 5.41) is 1.87. The maximum absolute atomic E-state index is 13.2. The third-order valence-corrected chi connectivity index (χ3v) is 8.53. The molecule has 8 heteroatoms. The molecule has 0 unspecified atom stereocenters. The Hall–Kier alpha value is -3.23. The summed E-state index contributed by atoms with van der Waals surface area (Å²) < 4.78 is 27.8. The van der Waals surface area contributed by atoms with Crippen LogP contribution in [0.5, 0.6) is 0 Å². The molecule has 0 spiro atoms. The molecule has 176 valence electrons. The zero-order chi connectivity index (χ0) is 23.7. The molecule has 0 N–H and O–H groups in total. The van der Waals surface area contributed by atoms with Crippen LogP contribution in [0.15, 0.2) is 71.6 Å². The molecule has 0 bridgehead atoms. The van der Waals surface area contributed by atoms with Gasteiger partial charge in [-0.2, -0.15) is 4.31 Å². The van der Waals surface area contributed by atoms with Crippen molar-refractivity contribution >= 4 is 38.3 Å². The van der Waals surface area contributed by atoms with Gasteiger partial charge in [0, 0.05) is 50.4 Å². The lowest BCUT2D eigenvalue weighted by Crippen LogP contribution is -2.50. The Labute approximate surface area is 199 Å². The second-order valence-corrected chi connectivity index (χ2v) is 10.7. The van der Waals surface area contributed by atoms with E-state index in [1.807, 2.05) is 42.5 Å². The van der Waals surface area contributed by atoms with Gasteiger partial charge >= 0.3 is 0 Å². The predicted octanol–water partition coefficient (Wildman–Crippen LogP) is 3.50. The summed E-state index contributed by atoms with van der Waals surface area (Å²) in [5.41, 5.74) is 1.35. The monoisotopic (exact) mass is 477 g/mol. The second-order valence-electron chi connectivity index (χ2n) is 8.75. The van der Waals surface area contributed by atoms with E-state index in [0.717, 1.165) is 29.3 Å². The maximum atomic E-state index is 13.2. The van der Waals surface area contributed by atoms with Gasteiger partial charge in [0.1, 0.15) is 0 Å². The van der Waals surface area contributed by atoms with Gasteiger partial charge in [0.05, 0.1) is 4.90 Å². The first-order chi connectivity index (χ1) is 16.4. The number of hydrogen-bond acceptors (Lipinski definition) is 4. The lowest BCUT2D eigenvalue weighted by atomic mass is 10.1. The van der Waals surface area contributed by atoms with Crippen LogP contribution >= 0.6 is 0 Å². The fourth-order valence-corrected chi connectivity index (χ4v) is 6.11. The largest absolute Gasteiger partial charge is 0.336 e. The van der Waals surface area contributed by atoms with Gasteiger partial charge in [0.25, 0.3) is 5.91 Å². The van der Waals surface area contributed by atoms with Crippen molar-refractivity contribution in [3.8, 4) is 0 Å². The minimum Gasteiger partial charge on any atom is -0.336 e. The first-order valence-electron chi connectivity index (χ1n) is 11.6. The summed E-state index contributed by atoms with van der Waals surface area (Å²) in [7, 11) is -3.63. The molecular weight excluding hydrogens is 450 g/mol. The molecule has 2 aliphatic heterocycles. The Kier molecular flexibility index (Phi) is 6.10. The minimum atomic E-state index is -3.63. The molecule has 7 nitrogen and oxygen atoms in total. The molecule has 0 saturated carbocycles. The molecule has 3 aromatic rings. The van der Waals surface area contributed by atoms with E-state index in [1.54, 1.807) is 34.1 Å². The van der Waals surface area contributed by atoms with Gasteiger partial charge in [-0.15, -0.1) is 0 Å². The smallest absolute Gasteiger partial charge is 0.253 e. The van der Waals surface area contributed by atoms with Gasteiger partial charge in [0.2, 0.25) is 15.9 Å². The lowest BCUT2D eigenvalue weighted by molar-refractivity contribution is -0.119. The third kappa shape index (κ3) is 4.31. The van der Waals surface area contributed by atoms with Crippen molar-refractivity contribution in [2.24, 2.45) is 0 Å². The van der Waals surface area contributed by atoms with Crippen molar-refractivity contribution < 1.29 is 18.0 Å². The van der Waals surface area contributed by atoms with Crippen LogP contribution in [0.1, 0.15) is 29.6 Å². The number of benzene rings is 3. The molecule has 2 fully saturated rings. The van der Waals surface area contributed by atoms with Crippen LogP contribution in [0.2, 0.25) is 0 Å². The summed E-state index contributed by atoms with van der Waals surface area (Å²) in [6.07, 6.45) is 2.47. The second kappa shape index (κ2) is 9.19. The SMILES string of the molecule is O=C(c1ccc(N2CCCCC2=O)cc1)N1CCN(S(=O)(=O)c2ccc3ccccc3c2)CC1. The van der Waals surface area contributed by atoms with Crippen molar-refractivity contribution in [2.75, 3.05) is 37.6 Å². The molecular formula is C26H27N3O4S. The number of amides is 2. The normalized spacial score (nSPS) is 17.8. The third-order valence-electron chi connectivity index (χ3n) is 6.63. The van der Waals surface area contributed by atoms with E-state index in [4.69, 9.17) is 0 Å². The number of carbonyl (C=O) groups excluding carboxylic acids is 2. The predicted molar refractivity (Wildman–Crippen MR) is 131 cm³/mol. The quantitative estimate of drug-likeness (QED) is 0.576. The van der Waals surface area contributed by atoms with Crippen LogP contribution in [0.25, 0.3) is 10.8 Å². The molecule has 0 aromatic heterocycles. The number of piperazine rings is 1. The van der Waals surface area contributed by atoms with Crippen LogP contribution in [-0.2, 0) is 14.8 Å². The van der Waals surface area contributed by atoms with Crippen molar-refractivity contribution in [2.45, 2.75) is 24.2 Å². The molecule has 0 radical (unpaired) electrons. The molecule has 2 amide bonds. The number of anilines is 1. The van der Waals surface area contributed by atoms with E-state index < -0.39 is 10.0 Å². The Morgan fingerprint density at radius 1 is 0.765 bits per heavy atom. The minimum absolute atomic E-state index is 0.120. The average Bonchev–Trinajstić information content (AvgIpc) is 2.88. The zero-order valence-corrected chi connectivity index (χ0v) is 19.7. The Morgan fingerprint density at radius 2 is 1.47 bits per heavy atom. The van der Waals surface area contributed by atoms with Gasteiger partial charge < -0.3 is 9.80 Å². The van der Waals surface area contributed by atoms with Gasteiger partial charge in [0.15, 0.2) is 0 Å². The molecule has 0 atom stereocenters. The number of nitrogens with zero attached hydrogens (tertiary/aromatic N) is 3. The topological polar surface area (TPSA) is 78.0 Å². The Balaban J connectivity index is 1.24. The molecule has 0 aliphatic carbocycles. The highest BCUT2D eigenvalue weighted by atomic mass is 32.2. The van der Waals surface area contributed by atoms with Crippen LogP contribution < -0.4 is 4.90 Å². The number of hydrogen-bond donors (Lipinski definition) is 0. The Morgan fingerprint density at radius 3 is 2.18 bits per heavy atom. The first kappa shape index (κ1) is 22.6. The average molecular weight is 478 g/mol. The van der Waals surface area contributed by atoms with E-state index in [1.165, 1.54) is 4.31 Å². The van der Waals surface area contributed by atoms with Crippen LogP contribution in [0.4, 0.5) is 5.69 Å². The molecule has 2 aliphatic rings. The number of sulfonamides is 1. The highest BCUT2D eigenvalue weighted by Crippen LogP contribution is 2.24. The number of fused-ring (bicyclic) bond motifs is 1. The summed E-state index contributed by atoms with van der Waals surface area (Å²) in [6.45, 7) is 1.87. The van der Waals surface area contributed by atoms with E-state index in [0.29, 0.717) is 31.6 Å². The van der Waals surface area contributed by atoms with E-state index >= 15 is 0 Å². The zero-order valence-electron chi connectivity index (χ0n) is 18.9. The van der Waals surface area contributed by atoms with Gasteiger partial charge in [-0.1, -0.05) is 30.3 Å². The van der Waals surface area contributed by atoms with Crippen LogP contribution in [-0.4, -0.2) is 62.2 Å².